The number of nitrogens with one attached hydrogen (secondary N) is 2. The van der Waals surface area contributed by atoms with Crippen LogP contribution in [-0.2, 0) is 6.42 Å². The fourth-order valence-electron chi connectivity index (χ4n) is 2.23. The van der Waals surface area contributed by atoms with Crippen LogP contribution in [0.5, 0.6) is 5.75 Å². The molecule has 1 atom stereocenters. The minimum Gasteiger partial charge on any atom is -0.492 e. The highest BCUT2D eigenvalue weighted by Crippen LogP contribution is 2.07. The van der Waals surface area contributed by atoms with Gasteiger partial charge in [0.25, 0.3) is 0 Å². The molecule has 4 heteroatoms. The van der Waals surface area contributed by atoms with Crippen molar-refractivity contribution in [2.24, 2.45) is 0 Å². The zero-order valence-electron chi connectivity index (χ0n) is 13.5. The molecule has 0 fully saturated rings. The molecular weight excluding hydrogens is 288 g/mol. The Kier molecular flexibility index (Phi) is 6.98. The molecule has 2 N–H and O–H groups in total. The fourth-order valence-corrected chi connectivity index (χ4v) is 2.23. The average Bonchev–Trinajstić information content (AvgIpc) is 2.59. The quantitative estimate of drug-likeness (QED) is 0.734. The molecule has 0 aromatic heterocycles. The van der Waals surface area contributed by atoms with Crippen molar-refractivity contribution in [2.45, 2.75) is 25.8 Å². The standard InChI is InChI=1S/C19H24N2O2/c1-16(12-13-17-8-4-2-5-9-17)21-19(22)20-14-15-23-18-10-6-3-7-11-18/h2-11,16H,12-15H2,1H3,(H2,20,21,22)/t16-/m0/s1. The largest absolute Gasteiger partial charge is 0.492 e. The van der Waals surface area contributed by atoms with Gasteiger partial charge < -0.3 is 15.4 Å². The lowest BCUT2D eigenvalue weighted by Gasteiger charge is -2.15. The molecule has 4 nitrogen and oxygen atoms in total. The van der Waals surface area contributed by atoms with Crippen LogP contribution in [0.1, 0.15) is 18.9 Å². The van der Waals surface area contributed by atoms with E-state index >= 15 is 0 Å². The predicted molar refractivity (Wildman–Crippen MR) is 92.7 cm³/mol. The Morgan fingerprint density at radius 2 is 1.70 bits per heavy atom. The second kappa shape index (κ2) is 9.51. The molecule has 0 saturated carbocycles. The first-order valence-corrected chi connectivity index (χ1v) is 8.00. The highest BCUT2D eigenvalue weighted by molar-refractivity contribution is 5.74. The number of hydrogen-bond donors (Lipinski definition) is 2. The molecule has 0 unspecified atom stereocenters. The Bertz CT molecular complexity index is 572. The molecule has 23 heavy (non-hydrogen) atoms. The first kappa shape index (κ1) is 16.9. The first-order valence-electron chi connectivity index (χ1n) is 8.00. The molecule has 0 aliphatic rings. The molecule has 0 spiro atoms. The van der Waals surface area contributed by atoms with Crippen molar-refractivity contribution in [1.29, 1.82) is 0 Å². The van der Waals surface area contributed by atoms with E-state index in [2.05, 4.69) is 22.8 Å². The molecule has 0 heterocycles. The van der Waals surface area contributed by atoms with E-state index in [-0.39, 0.29) is 12.1 Å². The van der Waals surface area contributed by atoms with E-state index in [1.165, 1.54) is 5.56 Å². The third kappa shape index (κ3) is 6.87. The summed E-state index contributed by atoms with van der Waals surface area (Å²) in [4.78, 5) is 11.8. The normalized spacial score (nSPS) is 11.5. The molecule has 0 bridgehead atoms. The van der Waals surface area contributed by atoms with Crippen LogP contribution in [0.3, 0.4) is 0 Å². The number of aryl methyl sites for hydroxylation is 1. The maximum atomic E-state index is 11.8. The highest BCUT2D eigenvalue weighted by Gasteiger charge is 2.06. The van der Waals surface area contributed by atoms with Gasteiger partial charge in [0.1, 0.15) is 12.4 Å². The number of rotatable bonds is 8. The summed E-state index contributed by atoms with van der Waals surface area (Å²) in [6.07, 6.45) is 1.87. The first-order chi connectivity index (χ1) is 11.2. The molecule has 122 valence electrons. The Morgan fingerprint density at radius 1 is 1.04 bits per heavy atom. The van der Waals surface area contributed by atoms with Gasteiger partial charge in [-0.2, -0.15) is 0 Å². The van der Waals surface area contributed by atoms with Crippen molar-refractivity contribution in [3.63, 3.8) is 0 Å². The molecule has 2 amide bonds. The summed E-state index contributed by atoms with van der Waals surface area (Å²) in [5, 5.41) is 5.75. The van der Waals surface area contributed by atoms with Crippen molar-refractivity contribution in [2.75, 3.05) is 13.2 Å². The van der Waals surface area contributed by atoms with Crippen LogP contribution in [0.2, 0.25) is 0 Å². The van der Waals surface area contributed by atoms with Crippen LogP contribution >= 0.6 is 0 Å². The molecule has 2 aromatic carbocycles. The summed E-state index contributed by atoms with van der Waals surface area (Å²) < 4.78 is 5.52. The van der Waals surface area contributed by atoms with Crippen molar-refractivity contribution in [1.82, 2.24) is 10.6 Å². The van der Waals surface area contributed by atoms with Crippen LogP contribution in [0.15, 0.2) is 60.7 Å². The minimum atomic E-state index is -0.151. The van der Waals surface area contributed by atoms with Gasteiger partial charge in [-0.25, -0.2) is 4.79 Å². The summed E-state index contributed by atoms with van der Waals surface area (Å²) in [7, 11) is 0. The monoisotopic (exact) mass is 312 g/mol. The van der Waals surface area contributed by atoms with Gasteiger partial charge >= 0.3 is 6.03 Å². The highest BCUT2D eigenvalue weighted by atomic mass is 16.5. The molecule has 0 aliphatic carbocycles. The van der Waals surface area contributed by atoms with Gasteiger partial charge in [0.15, 0.2) is 0 Å². The minimum absolute atomic E-state index is 0.130. The maximum Gasteiger partial charge on any atom is 0.315 e. The third-order valence-corrected chi connectivity index (χ3v) is 3.49. The number of carbonyl (C=O) groups is 1. The lowest BCUT2D eigenvalue weighted by atomic mass is 10.1. The maximum absolute atomic E-state index is 11.8. The molecular formula is C19H24N2O2. The van der Waals surface area contributed by atoms with E-state index in [0.717, 1.165) is 18.6 Å². The van der Waals surface area contributed by atoms with Crippen LogP contribution in [-0.4, -0.2) is 25.2 Å². The van der Waals surface area contributed by atoms with E-state index in [1.807, 2.05) is 55.5 Å². The van der Waals surface area contributed by atoms with Crippen LogP contribution < -0.4 is 15.4 Å². The SMILES string of the molecule is C[C@@H](CCc1ccccc1)NC(=O)NCCOc1ccccc1. The van der Waals surface area contributed by atoms with Crippen molar-refractivity contribution in [3.05, 3.63) is 66.2 Å². The zero-order chi connectivity index (χ0) is 16.3. The topological polar surface area (TPSA) is 50.4 Å². The van der Waals surface area contributed by atoms with Gasteiger partial charge in [0.05, 0.1) is 6.54 Å². The molecule has 2 aromatic rings. The van der Waals surface area contributed by atoms with Gasteiger partial charge in [-0.1, -0.05) is 48.5 Å². The summed E-state index contributed by atoms with van der Waals surface area (Å²) in [5.41, 5.74) is 1.29. The summed E-state index contributed by atoms with van der Waals surface area (Å²) >= 11 is 0. The van der Waals surface area contributed by atoms with E-state index in [0.29, 0.717) is 13.2 Å². The lowest BCUT2D eigenvalue weighted by molar-refractivity contribution is 0.233. The number of urea groups is 1. The lowest BCUT2D eigenvalue weighted by Crippen LogP contribution is -2.42. The Balaban J connectivity index is 1.57. The smallest absolute Gasteiger partial charge is 0.315 e. The van der Waals surface area contributed by atoms with Crippen molar-refractivity contribution >= 4 is 6.03 Å². The number of ether oxygens (including phenoxy) is 1. The van der Waals surface area contributed by atoms with Crippen LogP contribution in [0.4, 0.5) is 4.79 Å². The second-order valence-corrected chi connectivity index (χ2v) is 5.49. The number of hydrogen-bond acceptors (Lipinski definition) is 2. The van der Waals surface area contributed by atoms with E-state index in [1.54, 1.807) is 0 Å². The van der Waals surface area contributed by atoms with E-state index in [4.69, 9.17) is 4.74 Å². The van der Waals surface area contributed by atoms with Gasteiger partial charge in [0.2, 0.25) is 0 Å². The van der Waals surface area contributed by atoms with E-state index in [9.17, 15) is 4.79 Å². The number of amides is 2. The van der Waals surface area contributed by atoms with Crippen LogP contribution in [0.25, 0.3) is 0 Å². The third-order valence-electron chi connectivity index (χ3n) is 3.49. The van der Waals surface area contributed by atoms with Gasteiger partial charge in [0, 0.05) is 6.04 Å². The Labute approximate surface area is 137 Å². The van der Waals surface area contributed by atoms with Crippen molar-refractivity contribution in [3.8, 4) is 5.75 Å². The number of carbonyl (C=O) groups excluding carboxylic acids is 1. The van der Waals surface area contributed by atoms with Crippen LogP contribution in [0, 0.1) is 0 Å². The fraction of sp³-hybridized carbons (Fsp3) is 0.316. The van der Waals surface area contributed by atoms with E-state index < -0.39 is 0 Å². The average molecular weight is 312 g/mol. The Morgan fingerprint density at radius 3 is 2.39 bits per heavy atom. The molecule has 2 rings (SSSR count). The number of benzene rings is 2. The zero-order valence-corrected chi connectivity index (χ0v) is 13.5. The van der Waals surface area contributed by atoms with Gasteiger partial charge in [-0.05, 0) is 37.5 Å². The molecule has 0 aliphatic heterocycles. The van der Waals surface area contributed by atoms with Gasteiger partial charge in [-0.3, -0.25) is 0 Å². The summed E-state index contributed by atoms with van der Waals surface area (Å²) in [6.45, 7) is 2.95. The predicted octanol–water partition coefficient (Wildman–Crippen LogP) is 3.39. The Hall–Kier alpha value is -2.49. The summed E-state index contributed by atoms with van der Waals surface area (Å²) in [5.74, 6) is 0.811. The summed E-state index contributed by atoms with van der Waals surface area (Å²) in [6, 6.07) is 19.8. The molecule has 0 saturated heterocycles. The molecule has 0 radical (unpaired) electrons. The van der Waals surface area contributed by atoms with Gasteiger partial charge in [-0.15, -0.1) is 0 Å². The number of para-hydroxylation sites is 1. The van der Waals surface area contributed by atoms with Crippen molar-refractivity contribution < 1.29 is 9.53 Å². The second-order valence-electron chi connectivity index (χ2n) is 5.49.